The van der Waals surface area contributed by atoms with Gasteiger partial charge in [0.05, 0.1) is 16.3 Å². The van der Waals surface area contributed by atoms with Gasteiger partial charge in [-0.3, -0.25) is 14.9 Å². The van der Waals surface area contributed by atoms with Crippen molar-refractivity contribution in [2.45, 2.75) is 13.8 Å². The van der Waals surface area contributed by atoms with Gasteiger partial charge in [-0.1, -0.05) is 17.4 Å². The van der Waals surface area contributed by atoms with E-state index >= 15 is 0 Å². The van der Waals surface area contributed by atoms with Crippen LogP contribution in [0.5, 0.6) is 0 Å². The largest absolute Gasteiger partial charge is 0.433 e. The third kappa shape index (κ3) is 2.68. The number of aryl methyl sites for hydroxylation is 3. The molecule has 0 radical (unpaired) electrons. The summed E-state index contributed by atoms with van der Waals surface area (Å²) in [6.45, 7) is 4.02. The zero-order valence-corrected chi connectivity index (χ0v) is 13.5. The van der Waals surface area contributed by atoms with Gasteiger partial charge in [0.2, 0.25) is 5.76 Å². The zero-order chi connectivity index (χ0) is 16.7. The Hall–Kier alpha value is -2.74. The molecular formula is C15H13N3O4S. The second-order valence-electron chi connectivity index (χ2n) is 5.19. The molecule has 0 atom stereocenters. The SMILES string of the molecule is Cc1cc(C)c2sc(=NC(=O)c3ccc([N+](=O)[O-])o3)n(C)c2c1. The molecule has 0 fully saturated rings. The zero-order valence-electron chi connectivity index (χ0n) is 12.7. The van der Waals surface area contributed by atoms with Crippen LogP contribution in [0.3, 0.4) is 0 Å². The molecule has 2 heterocycles. The Morgan fingerprint density at radius 1 is 1.35 bits per heavy atom. The number of nitrogens with zero attached hydrogens (tertiary/aromatic N) is 3. The van der Waals surface area contributed by atoms with Crippen LogP contribution in [0.15, 0.2) is 33.7 Å². The quantitative estimate of drug-likeness (QED) is 0.533. The Morgan fingerprint density at radius 3 is 2.74 bits per heavy atom. The van der Waals surface area contributed by atoms with Gasteiger partial charge in [0, 0.05) is 7.05 Å². The molecule has 7 nitrogen and oxygen atoms in total. The molecule has 1 aromatic carbocycles. The average molecular weight is 331 g/mol. The number of hydrogen-bond acceptors (Lipinski definition) is 5. The number of carbonyl (C=O) groups excluding carboxylic acids is 1. The van der Waals surface area contributed by atoms with Crippen LogP contribution in [0, 0.1) is 24.0 Å². The summed E-state index contributed by atoms with van der Waals surface area (Å²) in [6.07, 6.45) is 0. The van der Waals surface area contributed by atoms with E-state index in [1.807, 2.05) is 31.5 Å². The molecule has 118 valence electrons. The second kappa shape index (κ2) is 5.47. The van der Waals surface area contributed by atoms with E-state index in [0.29, 0.717) is 4.80 Å². The van der Waals surface area contributed by atoms with Crippen LogP contribution in [0.25, 0.3) is 10.2 Å². The smallest absolute Gasteiger partial charge is 0.395 e. The molecule has 0 spiro atoms. The number of carbonyl (C=O) groups is 1. The fraction of sp³-hybridized carbons (Fsp3) is 0.200. The van der Waals surface area contributed by atoms with Crippen molar-refractivity contribution in [3.05, 3.63) is 56.1 Å². The lowest BCUT2D eigenvalue weighted by Gasteiger charge is -2.00. The van der Waals surface area contributed by atoms with Crippen molar-refractivity contribution in [1.29, 1.82) is 0 Å². The maximum atomic E-state index is 12.1. The highest BCUT2D eigenvalue weighted by atomic mass is 32.1. The van der Waals surface area contributed by atoms with E-state index in [4.69, 9.17) is 4.42 Å². The predicted octanol–water partition coefficient (Wildman–Crippen LogP) is 3.10. The van der Waals surface area contributed by atoms with Gasteiger partial charge in [0.25, 0.3) is 0 Å². The van der Waals surface area contributed by atoms with Crippen LogP contribution < -0.4 is 4.80 Å². The molecule has 2 aromatic heterocycles. The van der Waals surface area contributed by atoms with Gasteiger partial charge in [-0.05, 0) is 37.1 Å². The third-order valence-electron chi connectivity index (χ3n) is 3.42. The number of fused-ring (bicyclic) bond motifs is 1. The van der Waals surface area contributed by atoms with E-state index in [-0.39, 0.29) is 5.76 Å². The van der Waals surface area contributed by atoms with Crippen molar-refractivity contribution in [2.24, 2.45) is 12.0 Å². The van der Waals surface area contributed by atoms with Crippen molar-refractivity contribution >= 4 is 33.3 Å². The minimum absolute atomic E-state index is 0.151. The van der Waals surface area contributed by atoms with Gasteiger partial charge in [-0.15, -0.1) is 0 Å². The van der Waals surface area contributed by atoms with Crippen LogP contribution in [-0.4, -0.2) is 15.4 Å². The van der Waals surface area contributed by atoms with Gasteiger partial charge in [0.1, 0.15) is 4.92 Å². The number of rotatable bonds is 2. The molecule has 1 amide bonds. The molecular weight excluding hydrogens is 318 g/mol. The highest BCUT2D eigenvalue weighted by Gasteiger charge is 2.17. The van der Waals surface area contributed by atoms with Crippen LogP contribution in [0.2, 0.25) is 0 Å². The molecule has 0 unspecified atom stereocenters. The maximum absolute atomic E-state index is 12.1. The number of aromatic nitrogens is 1. The Labute approximate surface area is 134 Å². The fourth-order valence-electron chi connectivity index (χ4n) is 2.36. The first-order valence-electron chi connectivity index (χ1n) is 6.77. The van der Waals surface area contributed by atoms with Crippen molar-refractivity contribution in [3.63, 3.8) is 0 Å². The van der Waals surface area contributed by atoms with Crippen molar-refractivity contribution in [1.82, 2.24) is 4.57 Å². The van der Waals surface area contributed by atoms with Crippen LogP contribution in [0.1, 0.15) is 21.7 Å². The fourth-order valence-corrected chi connectivity index (χ4v) is 3.42. The topological polar surface area (TPSA) is 90.6 Å². The first kappa shape index (κ1) is 15.2. The van der Waals surface area contributed by atoms with Crippen LogP contribution in [0.4, 0.5) is 5.88 Å². The number of furan rings is 1. The summed E-state index contributed by atoms with van der Waals surface area (Å²) in [5.41, 5.74) is 3.23. The van der Waals surface area contributed by atoms with E-state index in [1.54, 1.807) is 0 Å². The molecule has 0 saturated carbocycles. The number of amides is 1. The van der Waals surface area contributed by atoms with E-state index in [2.05, 4.69) is 11.1 Å². The first-order valence-corrected chi connectivity index (χ1v) is 7.58. The minimum Gasteiger partial charge on any atom is -0.395 e. The van der Waals surface area contributed by atoms with Gasteiger partial charge in [0.15, 0.2) is 4.80 Å². The van der Waals surface area contributed by atoms with Gasteiger partial charge in [-0.2, -0.15) is 4.99 Å². The summed E-state index contributed by atoms with van der Waals surface area (Å²) in [5, 5.41) is 10.6. The monoisotopic (exact) mass is 331 g/mol. The van der Waals surface area contributed by atoms with E-state index in [9.17, 15) is 14.9 Å². The van der Waals surface area contributed by atoms with Crippen molar-refractivity contribution in [2.75, 3.05) is 0 Å². The molecule has 8 heteroatoms. The summed E-state index contributed by atoms with van der Waals surface area (Å²) in [5.74, 6) is -1.27. The highest BCUT2D eigenvalue weighted by molar-refractivity contribution is 7.16. The number of hydrogen-bond donors (Lipinski definition) is 0. The van der Waals surface area contributed by atoms with E-state index in [1.165, 1.54) is 17.4 Å². The highest BCUT2D eigenvalue weighted by Crippen LogP contribution is 2.23. The summed E-state index contributed by atoms with van der Waals surface area (Å²) in [6, 6.07) is 6.49. The normalized spacial score (nSPS) is 12.0. The maximum Gasteiger partial charge on any atom is 0.433 e. The molecule has 3 aromatic rings. The summed E-state index contributed by atoms with van der Waals surface area (Å²) < 4.78 is 7.77. The third-order valence-corrected chi connectivity index (χ3v) is 4.70. The molecule has 23 heavy (non-hydrogen) atoms. The van der Waals surface area contributed by atoms with E-state index in [0.717, 1.165) is 27.4 Å². The standard InChI is InChI=1S/C15H13N3O4S/c1-8-6-9(2)13-10(7-8)17(3)15(23-13)16-14(19)11-4-5-12(22-11)18(20)21/h4-7H,1-3H3. The lowest BCUT2D eigenvalue weighted by Crippen LogP contribution is -2.13. The van der Waals surface area contributed by atoms with Gasteiger partial charge < -0.3 is 8.98 Å². The average Bonchev–Trinajstić information content (AvgIpc) is 3.07. The van der Waals surface area contributed by atoms with Gasteiger partial charge in [-0.25, -0.2) is 0 Å². The Morgan fingerprint density at radius 2 is 2.09 bits per heavy atom. The molecule has 0 aliphatic heterocycles. The van der Waals surface area contributed by atoms with Crippen LogP contribution >= 0.6 is 11.3 Å². The lowest BCUT2D eigenvalue weighted by molar-refractivity contribution is -0.402. The number of benzene rings is 1. The van der Waals surface area contributed by atoms with Crippen molar-refractivity contribution < 1.29 is 14.1 Å². The summed E-state index contributed by atoms with van der Waals surface area (Å²) in [4.78, 5) is 26.6. The summed E-state index contributed by atoms with van der Waals surface area (Å²) >= 11 is 1.40. The van der Waals surface area contributed by atoms with Crippen molar-refractivity contribution in [3.8, 4) is 0 Å². The minimum atomic E-state index is -0.692. The Kier molecular flexibility index (Phi) is 3.61. The first-order chi connectivity index (χ1) is 10.9. The predicted molar refractivity (Wildman–Crippen MR) is 85.5 cm³/mol. The molecule has 0 aliphatic rings. The second-order valence-corrected chi connectivity index (χ2v) is 6.16. The molecule has 3 rings (SSSR count). The Balaban J connectivity index is 2.10. The molecule has 0 aliphatic carbocycles. The molecule has 0 N–H and O–H groups in total. The Bertz CT molecular complexity index is 1010. The molecule has 0 saturated heterocycles. The van der Waals surface area contributed by atoms with E-state index < -0.39 is 16.7 Å². The lowest BCUT2D eigenvalue weighted by atomic mass is 10.1. The van der Waals surface area contributed by atoms with Gasteiger partial charge >= 0.3 is 11.8 Å². The summed E-state index contributed by atoms with van der Waals surface area (Å²) in [7, 11) is 1.83. The van der Waals surface area contributed by atoms with Crippen LogP contribution in [-0.2, 0) is 7.05 Å². The molecule has 0 bridgehead atoms. The number of nitro groups is 1. The number of thiazole rings is 1.